The van der Waals surface area contributed by atoms with Gasteiger partial charge in [-0.2, -0.15) is 0 Å². The van der Waals surface area contributed by atoms with E-state index in [0.717, 1.165) is 27.7 Å². The molecule has 3 heteroatoms. The van der Waals surface area contributed by atoms with Crippen LogP contribution in [0.3, 0.4) is 0 Å². The van der Waals surface area contributed by atoms with Crippen LogP contribution in [0.2, 0.25) is 0 Å². The monoisotopic (exact) mass is 284 g/mol. The zero-order valence-corrected chi connectivity index (χ0v) is 12.1. The standard InChI is InChI=1S/C18H17FO2/c1-11-7-8-14(19)9-13(11)10-16(20)18-12(2)21-17-6-4-3-5-15(17)18/h3-9,16,20H,10H2,1-2H3. The lowest BCUT2D eigenvalue weighted by atomic mass is 9.96. The Morgan fingerprint density at radius 3 is 2.71 bits per heavy atom. The largest absolute Gasteiger partial charge is 0.461 e. The summed E-state index contributed by atoms with van der Waals surface area (Å²) in [5.74, 6) is 0.425. The minimum Gasteiger partial charge on any atom is -0.461 e. The van der Waals surface area contributed by atoms with E-state index >= 15 is 0 Å². The zero-order valence-electron chi connectivity index (χ0n) is 12.1. The van der Waals surface area contributed by atoms with E-state index < -0.39 is 6.10 Å². The van der Waals surface area contributed by atoms with Crippen molar-refractivity contribution < 1.29 is 13.9 Å². The van der Waals surface area contributed by atoms with Gasteiger partial charge >= 0.3 is 0 Å². The molecule has 108 valence electrons. The molecule has 1 unspecified atom stereocenters. The van der Waals surface area contributed by atoms with Crippen molar-refractivity contribution in [1.82, 2.24) is 0 Å². The van der Waals surface area contributed by atoms with E-state index in [0.29, 0.717) is 12.2 Å². The van der Waals surface area contributed by atoms with Gasteiger partial charge in [0.25, 0.3) is 0 Å². The first-order valence-corrected chi connectivity index (χ1v) is 6.97. The van der Waals surface area contributed by atoms with E-state index in [1.54, 1.807) is 6.07 Å². The van der Waals surface area contributed by atoms with Crippen molar-refractivity contribution in [3.8, 4) is 0 Å². The van der Waals surface area contributed by atoms with Crippen molar-refractivity contribution in [1.29, 1.82) is 0 Å². The van der Waals surface area contributed by atoms with Gasteiger partial charge in [0.2, 0.25) is 0 Å². The Hall–Kier alpha value is -2.13. The van der Waals surface area contributed by atoms with Crippen LogP contribution < -0.4 is 0 Å². The number of hydrogen-bond acceptors (Lipinski definition) is 2. The van der Waals surface area contributed by atoms with Crippen molar-refractivity contribution in [2.24, 2.45) is 0 Å². The molecule has 0 fully saturated rings. The Kier molecular flexibility index (Phi) is 3.52. The lowest BCUT2D eigenvalue weighted by molar-refractivity contribution is 0.177. The maximum Gasteiger partial charge on any atom is 0.134 e. The number of aliphatic hydroxyl groups excluding tert-OH is 1. The summed E-state index contributed by atoms with van der Waals surface area (Å²) < 4.78 is 19.0. The molecule has 0 aliphatic carbocycles. The fourth-order valence-corrected chi connectivity index (χ4v) is 2.77. The van der Waals surface area contributed by atoms with Crippen molar-refractivity contribution >= 4 is 11.0 Å². The van der Waals surface area contributed by atoms with Crippen LogP contribution in [-0.4, -0.2) is 5.11 Å². The maximum atomic E-state index is 13.4. The molecule has 2 aromatic carbocycles. The first-order chi connectivity index (χ1) is 10.1. The molecule has 1 N–H and O–H groups in total. The highest BCUT2D eigenvalue weighted by Gasteiger charge is 2.19. The molecule has 1 aromatic heterocycles. The van der Waals surface area contributed by atoms with Crippen LogP contribution in [0, 0.1) is 19.7 Å². The van der Waals surface area contributed by atoms with Gasteiger partial charge in [-0.25, -0.2) is 4.39 Å². The number of aryl methyl sites for hydroxylation is 2. The number of benzene rings is 2. The molecule has 3 rings (SSSR count). The third-order valence-corrected chi connectivity index (χ3v) is 3.88. The molecule has 0 bridgehead atoms. The zero-order chi connectivity index (χ0) is 15.0. The smallest absolute Gasteiger partial charge is 0.134 e. The Labute approximate surface area is 122 Å². The lowest BCUT2D eigenvalue weighted by Crippen LogP contribution is -2.04. The number of halogens is 1. The van der Waals surface area contributed by atoms with Crippen molar-refractivity contribution in [3.63, 3.8) is 0 Å². The van der Waals surface area contributed by atoms with E-state index in [9.17, 15) is 9.50 Å². The first kappa shape index (κ1) is 13.8. The molecule has 0 aliphatic rings. The molecular formula is C18H17FO2. The van der Waals surface area contributed by atoms with Crippen LogP contribution in [-0.2, 0) is 6.42 Å². The summed E-state index contributed by atoms with van der Waals surface area (Å²) in [6.07, 6.45) is -0.345. The molecule has 0 saturated carbocycles. The van der Waals surface area contributed by atoms with Gasteiger partial charge in [-0.05, 0) is 43.2 Å². The van der Waals surface area contributed by atoms with Gasteiger partial charge in [0.15, 0.2) is 0 Å². The molecule has 0 saturated heterocycles. The molecule has 1 heterocycles. The third kappa shape index (κ3) is 2.57. The SMILES string of the molecule is Cc1ccc(F)cc1CC(O)c1c(C)oc2ccccc12. The van der Waals surface area contributed by atoms with E-state index in [4.69, 9.17) is 4.42 Å². The number of fused-ring (bicyclic) bond motifs is 1. The van der Waals surface area contributed by atoms with Gasteiger partial charge < -0.3 is 9.52 Å². The number of para-hydroxylation sites is 1. The Morgan fingerprint density at radius 2 is 1.90 bits per heavy atom. The lowest BCUT2D eigenvalue weighted by Gasteiger charge is -2.13. The van der Waals surface area contributed by atoms with Gasteiger partial charge in [0.05, 0.1) is 6.10 Å². The second kappa shape index (κ2) is 5.34. The molecule has 1 atom stereocenters. The van der Waals surface area contributed by atoms with Gasteiger partial charge in [0, 0.05) is 17.4 Å². The summed E-state index contributed by atoms with van der Waals surface area (Å²) in [7, 11) is 0. The van der Waals surface area contributed by atoms with E-state index in [-0.39, 0.29) is 5.82 Å². The number of hydrogen-bond donors (Lipinski definition) is 1. The fraction of sp³-hybridized carbons (Fsp3) is 0.222. The van der Waals surface area contributed by atoms with E-state index in [1.807, 2.05) is 38.1 Å². The number of aliphatic hydroxyl groups is 1. The second-order valence-electron chi connectivity index (χ2n) is 5.36. The highest BCUT2D eigenvalue weighted by atomic mass is 19.1. The molecule has 21 heavy (non-hydrogen) atoms. The predicted molar refractivity (Wildman–Crippen MR) is 80.8 cm³/mol. The number of rotatable bonds is 3. The van der Waals surface area contributed by atoms with E-state index in [1.165, 1.54) is 12.1 Å². The van der Waals surface area contributed by atoms with Crippen molar-refractivity contribution in [2.45, 2.75) is 26.4 Å². The first-order valence-electron chi connectivity index (χ1n) is 6.97. The Bertz CT molecular complexity index is 789. The van der Waals surface area contributed by atoms with Crippen molar-refractivity contribution in [2.75, 3.05) is 0 Å². The molecule has 0 amide bonds. The minimum absolute atomic E-state index is 0.281. The Morgan fingerprint density at radius 1 is 1.14 bits per heavy atom. The number of furan rings is 1. The van der Waals surface area contributed by atoms with Crippen LogP contribution in [0.25, 0.3) is 11.0 Å². The Balaban J connectivity index is 1.99. The highest BCUT2D eigenvalue weighted by Crippen LogP contribution is 2.32. The van der Waals surface area contributed by atoms with Crippen molar-refractivity contribution in [3.05, 3.63) is 70.7 Å². The maximum absolute atomic E-state index is 13.4. The average Bonchev–Trinajstić information content (AvgIpc) is 2.78. The summed E-state index contributed by atoms with van der Waals surface area (Å²) >= 11 is 0. The topological polar surface area (TPSA) is 33.4 Å². The molecule has 2 nitrogen and oxygen atoms in total. The van der Waals surface area contributed by atoms with Gasteiger partial charge in [-0.1, -0.05) is 24.3 Å². The van der Waals surface area contributed by atoms with Gasteiger partial charge in [-0.15, -0.1) is 0 Å². The van der Waals surface area contributed by atoms with Crippen LogP contribution in [0.4, 0.5) is 4.39 Å². The van der Waals surface area contributed by atoms with Crippen LogP contribution >= 0.6 is 0 Å². The summed E-state index contributed by atoms with van der Waals surface area (Å²) in [6.45, 7) is 3.76. The normalized spacial score (nSPS) is 12.8. The minimum atomic E-state index is -0.714. The van der Waals surface area contributed by atoms with Gasteiger partial charge in [0.1, 0.15) is 17.2 Å². The summed E-state index contributed by atoms with van der Waals surface area (Å²) in [5, 5.41) is 11.5. The average molecular weight is 284 g/mol. The summed E-state index contributed by atoms with van der Waals surface area (Å²) in [6, 6.07) is 12.3. The fourth-order valence-electron chi connectivity index (χ4n) is 2.77. The van der Waals surface area contributed by atoms with Crippen LogP contribution in [0.1, 0.15) is 28.6 Å². The highest BCUT2D eigenvalue weighted by molar-refractivity contribution is 5.82. The van der Waals surface area contributed by atoms with Gasteiger partial charge in [-0.3, -0.25) is 0 Å². The summed E-state index contributed by atoms with van der Waals surface area (Å²) in [5.41, 5.74) is 3.34. The molecule has 0 radical (unpaired) electrons. The molecule has 3 aromatic rings. The van der Waals surface area contributed by atoms with Crippen LogP contribution in [0.5, 0.6) is 0 Å². The second-order valence-corrected chi connectivity index (χ2v) is 5.36. The predicted octanol–water partition coefficient (Wildman–Crippen LogP) is 4.46. The quantitative estimate of drug-likeness (QED) is 0.770. The third-order valence-electron chi connectivity index (χ3n) is 3.88. The molecular weight excluding hydrogens is 267 g/mol. The molecule has 0 spiro atoms. The molecule has 0 aliphatic heterocycles. The van der Waals surface area contributed by atoms with E-state index in [2.05, 4.69) is 0 Å². The summed E-state index contributed by atoms with van der Waals surface area (Å²) in [4.78, 5) is 0. The van der Waals surface area contributed by atoms with Crippen LogP contribution in [0.15, 0.2) is 46.9 Å².